The Morgan fingerprint density at radius 3 is 2.60 bits per heavy atom. The first-order valence-corrected chi connectivity index (χ1v) is 7.46. The molecule has 0 radical (unpaired) electrons. The Labute approximate surface area is 121 Å². The third kappa shape index (κ3) is 2.96. The van der Waals surface area contributed by atoms with Crippen LogP contribution in [0.3, 0.4) is 0 Å². The predicted molar refractivity (Wildman–Crippen MR) is 80.1 cm³/mol. The molecule has 1 N–H and O–H groups in total. The molecule has 2 atom stereocenters. The lowest BCUT2D eigenvalue weighted by atomic mass is 9.91. The van der Waals surface area contributed by atoms with Gasteiger partial charge in [-0.3, -0.25) is 9.69 Å². The molecule has 1 fully saturated rings. The lowest BCUT2D eigenvalue weighted by molar-refractivity contribution is 0.0322. The minimum Gasteiger partial charge on any atom is -0.391 e. The average Bonchev–Trinajstić information content (AvgIpc) is 2.67. The number of hydrogen-bond donors (Lipinski definition) is 1. The highest BCUT2D eigenvalue weighted by Gasteiger charge is 2.28. The van der Waals surface area contributed by atoms with Gasteiger partial charge in [-0.1, -0.05) is 12.8 Å². The van der Waals surface area contributed by atoms with Crippen LogP contribution in [0.4, 0.5) is 0 Å². The number of rotatable bonds is 4. The fourth-order valence-corrected chi connectivity index (χ4v) is 3.17. The summed E-state index contributed by atoms with van der Waals surface area (Å²) < 4.78 is 2.04. The zero-order valence-electron chi connectivity index (χ0n) is 13.0. The van der Waals surface area contributed by atoms with E-state index >= 15 is 0 Å². The molecule has 1 aliphatic rings. The van der Waals surface area contributed by atoms with Gasteiger partial charge >= 0.3 is 0 Å². The molecule has 0 spiro atoms. The lowest BCUT2D eigenvalue weighted by Crippen LogP contribution is -2.45. The van der Waals surface area contributed by atoms with Crippen molar-refractivity contribution in [3.63, 3.8) is 0 Å². The number of aryl methyl sites for hydroxylation is 1. The van der Waals surface area contributed by atoms with Gasteiger partial charge in [-0.15, -0.1) is 0 Å². The van der Waals surface area contributed by atoms with Crippen LogP contribution in [0.25, 0.3) is 0 Å². The highest BCUT2D eigenvalue weighted by atomic mass is 16.3. The largest absolute Gasteiger partial charge is 0.391 e. The monoisotopic (exact) mass is 278 g/mol. The summed E-state index contributed by atoms with van der Waals surface area (Å²) in [6.07, 6.45) is 3.78. The molecular formula is C16H26N2O2. The topological polar surface area (TPSA) is 45.5 Å². The van der Waals surface area contributed by atoms with Crippen LogP contribution in [0.15, 0.2) is 6.07 Å². The number of aliphatic hydroxyl groups is 1. The van der Waals surface area contributed by atoms with Gasteiger partial charge in [-0.05, 0) is 39.8 Å². The van der Waals surface area contributed by atoms with E-state index in [1.807, 2.05) is 43.5 Å². The molecule has 0 amide bonds. The molecule has 0 bridgehead atoms. The maximum atomic E-state index is 12.5. The Morgan fingerprint density at radius 1 is 1.40 bits per heavy atom. The van der Waals surface area contributed by atoms with Gasteiger partial charge in [0.2, 0.25) is 0 Å². The van der Waals surface area contributed by atoms with E-state index in [-0.39, 0.29) is 17.9 Å². The highest BCUT2D eigenvalue weighted by Crippen LogP contribution is 2.23. The quantitative estimate of drug-likeness (QED) is 0.858. The molecule has 20 heavy (non-hydrogen) atoms. The van der Waals surface area contributed by atoms with Crippen LogP contribution >= 0.6 is 0 Å². The lowest BCUT2D eigenvalue weighted by Gasteiger charge is -2.34. The van der Waals surface area contributed by atoms with Crippen molar-refractivity contribution in [3.8, 4) is 0 Å². The Hall–Kier alpha value is -1.13. The SMILES string of the molecule is Cc1cc(C(=O)CN(C)C2CCCCC2O)c(C)n1C. The van der Waals surface area contributed by atoms with Crippen LogP contribution in [-0.4, -0.2) is 46.1 Å². The third-order valence-electron chi connectivity index (χ3n) is 4.73. The van der Waals surface area contributed by atoms with Gasteiger partial charge in [-0.25, -0.2) is 0 Å². The Kier molecular flexibility index (Phi) is 4.66. The maximum absolute atomic E-state index is 12.5. The van der Waals surface area contributed by atoms with E-state index in [1.54, 1.807) is 0 Å². The molecule has 4 heteroatoms. The zero-order valence-corrected chi connectivity index (χ0v) is 13.0. The van der Waals surface area contributed by atoms with E-state index in [0.717, 1.165) is 42.6 Å². The summed E-state index contributed by atoms with van der Waals surface area (Å²) >= 11 is 0. The number of aliphatic hydroxyl groups excluding tert-OH is 1. The standard InChI is InChI=1S/C16H26N2O2/c1-11-9-13(12(2)18(11)4)16(20)10-17(3)14-7-5-6-8-15(14)19/h9,14-15,19H,5-8,10H2,1-4H3. The van der Waals surface area contributed by atoms with Crippen LogP contribution in [0, 0.1) is 13.8 Å². The van der Waals surface area contributed by atoms with Crippen molar-refractivity contribution in [1.82, 2.24) is 9.47 Å². The third-order valence-corrected chi connectivity index (χ3v) is 4.73. The van der Waals surface area contributed by atoms with Gasteiger partial charge in [0, 0.05) is 30.0 Å². The second-order valence-corrected chi connectivity index (χ2v) is 6.10. The maximum Gasteiger partial charge on any atom is 0.178 e. The molecule has 2 unspecified atom stereocenters. The minimum atomic E-state index is -0.292. The van der Waals surface area contributed by atoms with Crippen LogP contribution < -0.4 is 0 Å². The van der Waals surface area contributed by atoms with Crippen molar-refractivity contribution in [2.24, 2.45) is 7.05 Å². The predicted octanol–water partition coefficient (Wildman–Crippen LogP) is 2.06. The summed E-state index contributed by atoms with van der Waals surface area (Å²) in [4.78, 5) is 14.5. The fourth-order valence-electron chi connectivity index (χ4n) is 3.17. The van der Waals surface area contributed by atoms with E-state index < -0.39 is 0 Å². The number of carbonyl (C=O) groups is 1. The van der Waals surface area contributed by atoms with Crippen molar-refractivity contribution >= 4 is 5.78 Å². The fraction of sp³-hybridized carbons (Fsp3) is 0.688. The van der Waals surface area contributed by atoms with E-state index in [2.05, 4.69) is 0 Å². The molecule has 112 valence electrons. The highest BCUT2D eigenvalue weighted by molar-refractivity contribution is 5.99. The number of carbonyl (C=O) groups excluding carboxylic acids is 1. The van der Waals surface area contributed by atoms with Gasteiger partial charge in [0.15, 0.2) is 5.78 Å². The second-order valence-electron chi connectivity index (χ2n) is 6.10. The first-order valence-electron chi connectivity index (χ1n) is 7.46. The van der Waals surface area contributed by atoms with Crippen LogP contribution in [0.5, 0.6) is 0 Å². The van der Waals surface area contributed by atoms with Crippen molar-refractivity contribution in [2.45, 2.75) is 51.7 Å². The zero-order chi connectivity index (χ0) is 14.9. The Morgan fingerprint density at radius 2 is 2.05 bits per heavy atom. The second kappa shape index (κ2) is 6.10. The molecule has 1 saturated carbocycles. The van der Waals surface area contributed by atoms with Crippen molar-refractivity contribution in [2.75, 3.05) is 13.6 Å². The van der Waals surface area contributed by atoms with E-state index in [1.165, 1.54) is 0 Å². The number of aromatic nitrogens is 1. The molecule has 1 aromatic rings. The molecule has 4 nitrogen and oxygen atoms in total. The average molecular weight is 278 g/mol. The molecule has 0 aromatic carbocycles. The molecule has 1 aliphatic carbocycles. The van der Waals surface area contributed by atoms with Crippen molar-refractivity contribution in [1.29, 1.82) is 0 Å². The van der Waals surface area contributed by atoms with Gasteiger partial charge in [0.1, 0.15) is 0 Å². The molecule has 0 aliphatic heterocycles. The number of Topliss-reactive ketones (excluding diaryl/α,β-unsaturated/α-hetero) is 1. The van der Waals surface area contributed by atoms with Gasteiger partial charge < -0.3 is 9.67 Å². The number of hydrogen-bond acceptors (Lipinski definition) is 3. The van der Waals surface area contributed by atoms with Gasteiger partial charge in [0.25, 0.3) is 0 Å². The first kappa shape index (κ1) is 15.3. The van der Waals surface area contributed by atoms with Crippen LogP contribution in [0.2, 0.25) is 0 Å². The molecule has 2 rings (SSSR count). The van der Waals surface area contributed by atoms with Crippen molar-refractivity contribution < 1.29 is 9.90 Å². The summed E-state index contributed by atoms with van der Waals surface area (Å²) in [6.45, 7) is 4.38. The first-order chi connectivity index (χ1) is 9.41. The summed E-state index contributed by atoms with van der Waals surface area (Å²) in [6, 6.07) is 2.08. The van der Waals surface area contributed by atoms with E-state index in [9.17, 15) is 9.90 Å². The van der Waals surface area contributed by atoms with Crippen LogP contribution in [-0.2, 0) is 7.05 Å². The number of likely N-dealkylation sites (N-methyl/N-ethyl adjacent to an activating group) is 1. The molecule has 1 heterocycles. The Balaban J connectivity index is 2.05. The van der Waals surface area contributed by atoms with Gasteiger partial charge in [0.05, 0.1) is 12.6 Å². The van der Waals surface area contributed by atoms with E-state index in [0.29, 0.717) is 6.54 Å². The van der Waals surface area contributed by atoms with E-state index in [4.69, 9.17) is 0 Å². The summed E-state index contributed by atoms with van der Waals surface area (Å²) in [5, 5.41) is 10.1. The van der Waals surface area contributed by atoms with Gasteiger partial charge in [-0.2, -0.15) is 0 Å². The van der Waals surface area contributed by atoms with Crippen molar-refractivity contribution in [3.05, 3.63) is 23.0 Å². The molecular weight excluding hydrogens is 252 g/mol. The summed E-state index contributed by atoms with van der Waals surface area (Å²) in [7, 11) is 3.93. The molecule has 1 aromatic heterocycles. The minimum absolute atomic E-state index is 0.123. The summed E-state index contributed by atoms with van der Waals surface area (Å²) in [5.41, 5.74) is 2.93. The Bertz CT molecular complexity index is 493. The number of nitrogens with zero attached hydrogens (tertiary/aromatic N) is 2. The molecule has 0 saturated heterocycles. The normalized spacial score (nSPS) is 23.3. The smallest absolute Gasteiger partial charge is 0.178 e. The summed E-state index contributed by atoms with van der Waals surface area (Å²) in [5.74, 6) is 0.145. The van der Waals surface area contributed by atoms with Crippen LogP contribution in [0.1, 0.15) is 47.4 Å². The number of ketones is 1.